The van der Waals surface area contributed by atoms with Crippen molar-refractivity contribution in [2.75, 3.05) is 11.9 Å². The standard InChI is InChI=1S/C26H27Cl2N3O3/c1-17(2)31(16-24(32)20-10-13-22(27)23(28)14-20)26(34)30-21-11-8-18(9-12-21)15-29-25(33)19-6-4-3-5-7-19/h3-14,17,24,32H,15-16H2,1-2H3,(H,29,33)(H,30,34)/t24-/m1/s1. The van der Waals surface area contributed by atoms with Crippen molar-refractivity contribution in [1.29, 1.82) is 0 Å². The van der Waals surface area contributed by atoms with Gasteiger partial charge in [-0.25, -0.2) is 4.79 Å². The normalized spacial score (nSPS) is 11.7. The van der Waals surface area contributed by atoms with E-state index in [4.69, 9.17) is 23.2 Å². The van der Waals surface area contributed by atoms with Crippen molar-refractivity contribution < 1.29 is 14.7 Å². The van der Waals surface area contributed by atoms with Crippen LogP contribution in [-0.4, -0.2) is 34.5 Å². The summed E-state index contributed by atoms with van der Waals surface area (Å²) >= 11 is 12.0. The molecule has 3 aromatic rings. The maximum atomic E-state index is 12.9. The monoisotopic (exact) mass is 499 g/mol. The molecule has 0 saturated carbocycles. The number of urea groups is 1. The fraction of sp³-hybridized carbons (Fsp3) is 0.231. The zero-order valence-electron chi connectivity index (χ0n) is 19.0. The molecule has 0 aliphatic carbocycles. The number of carbonyl (C=O) groups is 2. The molecule has 8 heteroatoms. The van der Waals surface area contributed by atoms with Gasteiger partial charge in [-0.3, -0.25) is 4.79 Å². The second kappa shape index (κ2) is 11.9. The first-order valence-corrected chi connectivity index (χ1v) is 11.6. The van der Waals surface area contributed by atoms with E-state index in [0.29, 0.717) is 33.4 Å². The molecule has 178 valence electrons. The Morgan fingerprint density at radius 3 is 2.24 bits per heavy atom. The van der Waals surface area contributed by atoms with Gasteiger partial charge in [0.05, 0.1) is 22.7 Å². The topological polar surface area (TPSA) is 81.7 Å². The number of nitrogens with one attached hydrogen (secondary N) is 2. The molecule has 0 unspecified atom stereocenters. The number of hydrogen-bond donors (Lipinski definition) is 3. The average molecular weight is 500 g/mol. The van der Waals surface area contributed by atoms with Gasteiger partial charge in [0.25, 0.3) is 5.91 Å². The number of aliphatic hydroxyl groups is 1. The van der Waals surface area contributed by atoms with Gasteiger partial charge in [0.2, 0.25) is 0 Å². The summed E-state index contributed by atoms with van der Waals surface area (Å²) in [6.07, 6.45) is -0.918. The van der Waals surface area contributed by atoms with E-state index in [1.165, 1.54) is 0 Å². The molecular formula is C26H27Cl2N3O3. The molecule has 0 aromatic heterocycles. The highest BCUT2D eigenvalue weighted by molar-refractivity contribution is 6.42. The van der Waals surface area contributed by atoms with Crippen LogP contribution >= 0.6 is 23.2 Å². The summed E-state index contributed by atoms with van der Waals surface area (Å²) in [5.41, 5.74) is 2.69. The third-order valence-electron chi connectivity index (χ3n) is 5.28. The third kappa shape index (κ3) is 6.97. The first-order valence-electron chi connectivity index (χ1n) is 10.9. The number of benzene rings is 3. The molecule has 0 saturated heterocycles. The van der Waals surface area contributed by atoms with Crippen molar-refractivity contribution in [3.8, 4) is 0 Å². The smallest absolute Gasteiger partial charge is 0.322 e. The highest BCUT2D eigenvalue weighted by Crippen LogP contribution is 2.26. The lowest BCUT2D eigenvalue weighted by molar-refractivity contribution is 0.0951. The van der Waals surface area contributed by atoms with E-state index in [1.54, 1.807) is 47.4 Å². The van der Waals surface area contributed by atoms with E-state index < -0.39 is 6.10 Å². The van der Waals surface area contributed by atoms with Crippen LogP contribution in [0.2, 0.25) is 10.0 Å². The van der Waals surface area contributed by atoms with Crippen LogP contribution in [0.4, 0.5) is 10.5 Å². The van der Waals surface area contributed by atoms with Gasteiger partial charge in [0, 0.05) is 23.8 Å². The maximum Gasteiger partial charge on any atom is 0.322 e. The second-order valence-electron chi connectivity index (χ2n) is 8.11. The lowest BCUT2D eigenvalue weighted by Gasteiger charge is -2.29. The van der Waals surface area contributed by atoms with E-state index in [9.17, 15) is 14.7 Å². The number of aliphatic hydroxyl groups excluding tert-OH is 1. The largest absolute Gasteiger partial charge is 0.387 e. The third-order valence-corrected chi connectivity index (χ3v) is 6.02. The summed E-state index contributed by atoms with van der Waals surface area (Å²) in [7, 11) is 0. The van der Waals surface area contributed by atoms with Crippen molar-refractivity contribution in [3.05, 3.63) is 99.5 Å². The van der Waals surface area contributed by atoms with Crippen LogP contribution in [0.15, 0.2) is 72.8 Å². The molecule has 0 spiro atoms. The van der Waals surface area contributed by atoms with E-state index in [1.807, 2.05) is 44.2 Å². The summed E-state index contributed by atoms with van der Waals surface area (Å²) in [5.74, 6) is -0.147. The number of anilines is 1. The maximum absolute atomic E-state index is 12.9. The lowest BCUT2D eigenvalue weighted by atomic mass is 10.1. The van der Waals surface area contributed by atoms with Crippen molar-refractivity contribution in [2.45, 2.75) is 32.5 Å². The van der Waals surface area contributed by atoms with Crippen LogP contribution in [0.25, 0.3) is 0 Å². The minimum Gasteiger partial charge on any atom is -0.387 e. The Labute approximate surface area is 209 Å². The molecular weight excluding hydrogens is 473 g/mol. The van der Waals surface area contributed by atoms with Crippen molar-refractivity contribution in [3.63, 3.8) is 0 Å². The molecule has 34 heavy (non-hydrogen) atoms. The predicted octanol–water partition coefficient (Wildman–Crippen LogP) is 5.90. The zero-order valence-corrected chi connectivity index (χ0v) is 20.5. The fourth-order valence-corrected chi connectivity index (χ4v) is 3.62. The van der Waals surface area contributed by atoms with Crippen LogP contribution < -0.4 is 10.6 Å². The highest BCUT2D eigenvalue weighted by Gasteiger charge is 2.22. The summed E-state index contributed by atoms with van der Waals surface area (Å²) in [5, 5.41) is 17.1. The molecule has 1 atom stereocenters. The zero-order chi connectivity index (χ0) is 24.7. The van der Waals surface area contributed by atoms with E-state index in [-0.39, 0.29) is 24.5 Å². The van der Waals surface area contributed by atoms with Gasteiger partial charge in [-0.1, -0.05) is 59.6 Å². The Morgan fingerprint density at radius 1 is 0.941 bits per heavy atom. The van der Waals surface area contributed by atoms with Crippen molar-refractivity contribution in [1.82, 2.24) is 10.2 Å². The summed E-state index contributed by atoms with van der Waals surface area (Å²) < 4.78 is 0. The van der Waals surface area contributed by atoms with Crippen LogP contribution in [0.5, 0.6) is 0 Å². The first-order chi connectivity index (χ1) is 16.2. The van der Waals surface area contributed by atoms with E-state index >= 15 is 0 Å². The molecule has 3 rings (SSSR count). The minimum atomic E-state index is -0.918. The SMILES string of the molecule is CC(C)N(C[C@@H](O)c1ccc(Cl)c(Cl)c1)C(=O)Nc1ccc(CNC(=O)c2ccccc2)cc1. The van der Waals surface area contributed by atoms with E-state index in [0.717, 1.165) is 5.56 Å². The van der Waals surface area contributed by atoms with Gasteiger partial charge < -0.3 is 20.6 Å². The van der Waals surface area contributed by atoms with Gasteiger partial charge in [-0.05, 0) is 61.4 Å². The molecule has 0 radical (unpaired) electrons. The minimum absolute atomic E-state index is 0.0884. The van der Waals surface area contributed by atoms with Crippen molar-refractivity contribution >= 4 is 40.8 Å². The molecule has 6 nitrogen and oxygen atoms in total. The predicted molar refractivity (Wildman–Crippen MR) is 136 cm³/mol. The van der Waals surface area contributed by atoms with Crippen LogP contribution in [0.1, 0.15) is 41.4 Å². The number of hydrogen-bond acceptors (Lipinski definition) is 3. The Balaban J connectivity index is 1.57. The Morgan fingerprint density at radius 2 is 1.62 bits per heavy atom. The van der Waals surface area contributed by atoms with Gasteiger partial charge in [-0.15, -0.1) is 0 Å². The van der Waals surface area contributed by atoms with Gasteiger partial charge in [-0.2, -0.15) is 0 Å². The number of amides is 3. The van der Waals surface area contributed by atoms with Gasteiger partial charge in [0.1, 0.15) is 0 Å². The molecule has 0 fully saturated rings. The average Bonchev–Trinajstić information content (AvgIpc) is 2.83. The van der Waals surface area contributed by atoms with Crippen LogP contribution in [0, 0.1) is 0 Å². The second-order valence-corrected chi connectivity index (χ2v) is 8.93. The number of halogens is 2. The molecule has 3 amide bonds. The van der Waals surface area contributed by atoms with Crippen LogP contribution in [0.3, 0.4) is 0 Å². The van der Waals surface area contributed by atoms with Crippen molar-refractivity contribution in [2.24, 2.45) is 0 Å². The molecule has 0 aliphatic rings. The summed E-state index contributed by atoms with van der Waals surface area (Å²) in [6.45, 7) is 4.21. The van der Waals surface area contributed by atoms with Gasteiger partial charge in [0.15, 0.2) is 0 Å². The Hall–Kier alpha value is -3.06. The Kier molecular flexibility index (Phi) is 8.93. The lowest BCUT2D eigenvalue weighted by Crippen LogP contribution is -2.42. The summed E-state index contributed by atoms with van der Waals surface area (Å²) in [4.78, 5) is 26.6. The molecule has 0 bridgehead atoms. The molecule has 0 heterocycles. The fourth-order valence-electron chi connectivity index (χ4n) is 3.31. The molecule has 3 N–H and O–H groups in total. The number of carbonyl (C=O) groups excluding carboxylic acids is 2. The molecule has 3 aromatic carbocycles. The van der Waals surface area contributed by atoms with E-state index in [2.05, 4.69) is 10.6 Å². The summed E-state index contributed by atoms with van der Waals surface area (Å²) in [6, 6.07) is 20.6. The number of nitrogens with zero attached hydrogens (tertiary/aromatic N) is 1. The van der Waals surface area contributed by atoms with Crippen LogP contribution in [-0.2, 0) is 6.54 Å². The first kappa shape index (κ1) is 25.6. The number of rotatable bonds is 8. The Bertz CT molecular complexity index is 1120. The quantitative estimate of drug-likeness (QED) is 0.360. The molecule has 0 aliphatic heterocycles. The highest BCUT2D eigenvalue weighted by atomic mass is 35.5. The van der Waals surface area contributed by atoms with Gasteiger partial charge >= 0.3 is 6.03 Å².